The number of pyridine rings is 1. The largest absolute Gasteiger partial charge is 0.493 e. The minimum Gasteiger partial charge on any atom is -0.493 e. The molecule has 13 nitrogen and oxygen atoms in total. The number of methoxy groups -OCH3 is 2. The van der Waals surface area contributed by atoms with Gasteiger partial charge in [-0.15, -0.1) is 0 Å². The molecule has 51 heavy (non-hydrogen) atoms. The van der Waals surface area contributed by atoms with E-state index < -0.39 is 71.4 Å². The third-order valence-corrected chi connectivity index (χ3v) is 8.77. The van der Waals surface area contributed by atoms with Gasteiger partial charge in [-0.05, 0) is 24.8 Å². The molecule has 1 aliphatic rings. The molecule has 0 saturated heterocycles. The van der Waals surface area contributed by atoms with Crippen LogP contribution in [0.2, 0.25) is 0 Å². The predicted molar refractivity (Wildman–Crippen MR) is 184 cm³/mol. The fourth-order valence-electron chi connectivity index (χ4n) is 5.75. The standard InChI is InChI=1S/C38H48N2O11/c1-23(2)38(47)51-36-24(3)33(44)35(46)27(21-29(41)34(45)26(36)20-25-14-10-9-11-15-25)40-22-28-37(30(48-4)18-19-39-28)50-32(43)17-13-8-6-7-12-16-31(42)49-5/h9-11,14-15,18-19,23-24,26-27,36,40H,6-8,12-13,16-17,20-22H2,1-5H3/t24-,26+,27+,36-/m1/s1. The fourth-order valence-corrected chi connectivity index (χ4v) is 5.75. The zero-order valence-electron chi connectivity index (χ0n) is 29.9. The Kier molecular flexibility index (Phi) is 16.1. The lowest BCUT2D eigenvalue weighted by Crippen LogP contribution is -2.46. The van der Waals surface area contributed by atoms with Crippen molar-refractivity contribution in [3.8, 4) is 11.5 Å². The monoisotopic (exact) mass is 708 g/mol. The van der Waals surface area contributed by atoms with E-state index in [1.807, 2.05) is 0 Å². The molecule has 1 aromatic carbocycles. The first kappa shape index (κ1) is 40.6. The quantitative estimate of drug-likeness (QED) is 0.141. The Hall–Kier alpha value is -4.78. The highest BCUT2D eigenvalue weighted by atomic mass is 16.6. The molecule has 1 heterocycles. The molecule has 2 aromatic rings. The maximum absolute atomic E-state index is 13.8. The molecule has 1 aromatic heterocycles. The highest BCUT2D eigenvalue weighted by Gasteiger charge is 2.46. The molecule has 3 rings (SSSR count). The third-order valence-electron chi connectivity index (χ3n) is 8.77. The van der Waals surface area contributed by atoms with Gasteiger partial charge in [-0.1, -0.05) is 70.4 Å². The second kappa shape index (κ2) is 20.2. The fraction of sp³-hybridized carbons (Fsp3) is 0.526. The van der Waals surface area contributed by atoms with E-state index in [1.165, 1.54) is 33.4 Å². The van der Waals surface area contributed by atoms with Gasteiger partial charge in [0.2, 0.25) is 23.1 Å². The maximum atomic E-state index is 13.8. The summed E-state index contributed by atoms with van der Waals surface area (Å²) >= 11 is 0. The number of aromatic nitrogens is 1. The number of hydrogen-bond acceptors (Lipinski definition) is 13. The SMILES string of the molecule is COC(=O)CCCCCCCC(=O)Oc1c(OC)ccnc1CN[C@H]1CC(=O)C(=O)[C@H](Cc2ccccc2)[C@H](OC(=O)C(C)C)[C@H](C)C(=O)C1=O. The number of nitrogens with zero attached hydrogens (tertiary/aromatic N) is 1. The van der Waals surface area contributed by atoms with E-state index in [0.29, 0.717) is 24.8 Å². The number of carbonyl (C=O) groups excluding carboxylic acids is 7. The van der Waals surface area contributed by atoms with Crippen LogP contribution in [-0.2, 0) is 56.0 Å². The van der Waals surface area contributed by atoms with Crippen molar-refractivity contribution in [3.05, 3.63) is 53.9 Å². The van der Waals surface area contributed by atoms with Gasteiger partial charge in [-0.2, -0.15) is 0 Å². The molecule has 0 radical (unpaired) electrons. The van der Waals surface area contributed by atoms with Crippen molar-refractivity contribution >= 4 is 41.0 Å². The molecule has 0 bridgehead atoms. The van der Waals surface area contributed by atoms with Crippen molar-refractivity contribution in [2.45, 2.75) is 97.2 Å². The lowest BCUT2D eigenvalue weighted by molar-refractivity contribution is -0.163. The number of benzene rings is 1. The minimum absolute atomic E-state index is 0.0109. The van der Waals surface area contributed by atoms with Crippen LogP contribution in [0.5, 0.6) is 11.5 Å². The molecular weight excluding hydrogens is 660 g/mol. The summed E-state index contributed by atoms with van der Waals surface area (Å²) in [6, 6.07) is 8.92. The molecule has 1 saturated carbocycles. The molecule has 0 amide bonds. The first-order valence-electron chi connectivity index (χ1n) is 17.3. The summed E-state index contributed by atoms with van der Waals surface area (Å²) in [5.74, 6) is -7.85. The molecule has 1 N–H and O–H groups in total. The smallest absolute Gasteiger partial charge is 0.311 e. The van der Waals surface area contributed by atoms with Gasteiger partial charge >= 0.3 is 17.9 Å². The molecule has 1 aliphatic carbocycles. The zero-order valence-corrected chi connectivity index (χ0v) is 29.9. The van der Waals surface area contributed by atoms with Crippen LogP contribution in [0, 0.1) is 17.8 Å². The average Bonchev–Trinajstić information content (AvgIpc) is 3.14. The van der Waals surface area contributed by atoms with E-state index in [-0.39, 0.29) is 42.5 Å². The number of Topliss-reactive ketones (excluding diaryl/α,β-unsaturated/α-hetero) is 4. The molecule has 1 fully saturated rings. The number of ether oxygens (including phenoxy) is 4. The lowest BCUT2D eigenvalue weighted by atomic mass is 9.81. The summed E-state index contributed by atoms with van der Waals surface area (Å²) < 4.78 is 21.4. The van der Waals surface area contributed by atoms with Gasteiger partial charge in [0.1, 0.15) is 11.8 Å². The summed E-state index contributed by atoms with van der Waals surface area (Å²) in [6.07, 6.45) is 3.58. The average molecular weight is 709 g/mol. The van der Waals surface area contributed by atoms with E-state index in [2.05, 4.69) is 15.0 Å². The van der Waals surface area contributed by atoms with Crippen LogP contribution in [0.15, 0.2) is 42.6 Å². The lowest BCUT2D eigenvalue weighted by Gasteiger charge is -2.29. The number of nitrogens with one attached hydrogen (secondary N) is 1. The van der Waals surface area contributed by atoms with E-state index in [4.69, 9.17) is 14.2 Å². The predicted octanol–water partition coefficient (Wildman–Crippen LogP) is 4.10. The number of unbranched alkanes of at least 4 members (excludes halogenated alkanes) is 4. The van der Waals surface area contributed by atoms with Gasteiger partial charge in [0.05, 0.1) is 38.0 Å². The molecular formula is C38H48N2O11. The second-order valence-corrected chi connectivity index (χ2v) is 12.9. The normalized spacial score (nSPS) is 19.6. The molecule has 4 atom stereocenters. The highest BCUT2D eigenvalue weighted by Crippen LogP contribution is 2.31. The minimum atomic E-state index is -1.41. The van der Waals surface area contributed by atoms with Crippen molar-refractivity contribution in [2.24, 2.45) is 17.8 Å². The number of carbonyl (C=O) groups is 7. The van der Waals surface area contributed by atoms with E-state index in [0.717, 1.165) is 19.3 Å². The Morgan fingerprint density at radius 1 is 0.863 bits per heavy atom. The molecule has 0 unspecified atom stereocenters. The van der Waals surface area contributed by atoms with Gasteiger partial charge in [-0.3, -0.25) is 38.5 Å². The van der Waals surface area contributed by atoms with Crippen LogP contribution in [0.1, 0.15) is 83.4 Å². The van der Waals surface area contributed by atoms with Crippen LogP contribution in [0.3, 0.4) is 0 Å². The molecule has 0 aliphatic heterocycles. The number of hydrogen-bond donors (Lipinski definition) is 1. The van der Waals surface area contributed by atoms with Gasteiger partial charge in [0, 0.05) is 38.1 Å². The Labute approximate surface area is 298 Å². The molecule has 13 heteroatoms. The highest BCUT2D eigenvalue weighted by molar-refractivity contribution is 6.44. The number of esters is 3. The van der Waals surface area contributed by atoms with Crippen molar-refractivity contribution in [2.75, 3.05) is 14.2 Å². The van der Waals surface area contributed by atoms with Crippen LogP contribution in [0.4, 0.5) is 0 Å². The third kappa shape index (κ3) is 11.9. The van der Waals surface area contributed by atoms with Crippen molar-refractivity contribution in [1.29, 1.82) is 0 Å². The summed E-state index contributed by atoms with van der Waals surface area (Å²) in [7, 11) is 2.74. The van der Waals surface area contributed by atoms with Crippen LogP contribution >= 0.6 is 0 Å². The first-order valence-corrected chi connectivity index (χ1v) is 17.3. The zero-order chi connectivity index (χ0) is 37.5. The van der Waals surface area contributed by atoms with E-state index in [1.54, 1.807) is 44.2 Å². The summed E-state index contributed by atoms with van der Waals surface area (Å²) in [5.41, 5.74) is 0.860. The maximum Gasteiger partial charge on any atom is 0.311 e. The van der Waals surface area contributed by atoms with Crippen LogP contribution in [-0.4, -0.2) is 72.4 Å². The van der Waals surface area contributed by atoms with E-state index in [9.17, 15) is 33.6 Å². The summed E-state index contributed by atoms with van der Waals surface area (Å²) in [6.45, 7) is 4.40. The Morgan fingerprint density at radius 2 is 1.51 bits per heavy atom. The first-order chi connectivity index (χ1) is 24.4. The van der Waals surface area contributed by atoms with Gasteiger partial charge in [-0.25, -0.2) is 0 Å². The molecule has 276 valence electrons. The Morgan fingerprint density at radius 3 is 2.14 bits per heavy atom. The second-order valence-electron chi connectivity index (χ2n) is 12.9. The summed E-state index contributed by atoms with van der Waals surface area (Å²) in [5, 5.41) is 2.88. The summed E-state index contributed by atoms with van der Waals surface area (Å²) in [4.78, 5) is 95.6. The van der Waals surface area contributed by atoms with Crippen molar-refractivity contribution in [1.82, 2.24) is 10.3 Å². The number of rotatable bonds is 17. The Bertz CT molecular complexity index is 1560. The topological polar surface area (TPSA) is 181 Å². The van der Waals surface area contributed by atoms with E-state index >= 15 is 0 Å². The Balaban J connectivity index is 1.77. The van der Waals surface area contributed by atoms with Gasteiger partial charge < -0.3 is 24.3 Å². The van der Waals surface area contributed by atoms with Crippen LogP contribution < -0.4 is 14.8 Å². The van der Waals surface area contributed by atoms with Crippen LogP contribution in [0.25, 0.3) is 0 Å². The number of ketones is 4. The van der Waals surface area contributed by atoms with Gasteiger partial charge in [0.25, 0.3) is 0 Å². The van der Waals surface area contributed by atoms with Crippen molar-refractivity contribution in [3.63, 3.8) is 0 Å². The molecule has 0 spiro atoms. The van der Waals surface area contributed by atoms with Gasteiger partial charge in [0.15, 0.2) is 11.5 Å². The van der Waals surface area contributed by atoms with Crippen molar-refractivity contribution < 1.29 is 52.5 Å².